The van der Waals surface area contributed by atoms with Crippen molar-refractivity contribution in [2.45, 2.75) is 52.9 Å². The number of Topliss-reactive ketones (excluding diaryl/α,β-unsaturated/α-hetero) is 1. The molecule has 1 heterocycles. The van der Waals surface area contributed by atoms with Gasteiger partial charge in [-0.1, -0.05) is 58.2 Å². The summed E-state index contributed by atoms with van der Waals surface area (Å²) < 4.78 is 0. The van der Waals surface area contributed by atoms with Crippen molar-refractivity contribution in [3.8, 4) is 0 Å². The predicted octanol–water partition coefficient (Wildman–Crippen LogP) is 4.86. The number of carbonyl (C=O) groups is 5. The first kappa shape index (κ1) is 29.4. The van der Waals surface area contributed by atoms with Crippen LogP contribution in [0.4, 0.5) is 16.2 Å². The number of ketones is 1. The van der Waals surface area contributed by atoms with Crippen molar-refractivity contribution in [1.29, 1.82) is 0 Å². The lowest BCUT2D eigenvalue weighted by atomic mass is 9.83. The third-order valence-corrected chi connectivity index (χ3v) is 7.29. The number of para-hydroxylation sites is 1. The second kappa shape index (κ2) is 11.9. The summed E-state index contributed by atoms with van der Waals surface area (Å²) in [7, 11) is 0. The molecule has 1 fully saturated rings. The van der Waals surface area contributed by atoms with Gasteiger partial charge in [-0.3, -0.25) is 14.5 Å². The summed E-state index contributed by atoms with van der Waals surface area (Å²) in [5, 5.41) is 27.0. The fourth-order valence-corrected chi connectivity index (χ4v) is 4.99. The highest BCUT2D eigenvalue weighted by molar-refractivity contribution is 6.13. The van der Waals surface area contributed by atoms with E-state index >= 15 is 0 Å². The normalized spacial score (nSPS) is 16.0. The number of rotatable bonds is 8. The van der Waals surface area contributed by atoms with Crippen molar-refractivity contribution in [2.75, 3.05) is 23.3 Å². The number of hydrogen-bond acceptors (Lipinski definition) is 6. The maximum absolute atomic E-state index is 13.9. The van der Waals surface area contributed by atoms with E-state index in [0.717, 1.165) is 60.9 Å². The smallest absolute Gasteiger partial charge is 0.345 e. The number of amides is 3. The molecule has 0 unspecified atom stereocenters. The van der Waals surface area contributed by atoms with E-state index in [2.05, 4.69) is 5.32 Å². The zero-order valence-corrected chi connectivity index (χ0v) is 23.3. The summed E-state index contributed by atoms with van der Waals surface area (Å²) in [6.07, 6.45) is 4.89. The quantitative estimate of drug-likeness (QED) is 0.414. The zero-order chi connectivity index (χ0) is 29.9. The molecule has 216 valence electrons. The zero-order valence-electron chi connectivity index (χ0n) is 23.3. The van der Waals surface area contributed by atoms with E-state index in [1.165, 1.54) is 4.90 Å². The van der Waals surface area contributed by atoms with Crippen molar-refractivity contribution in [3.05, 3.63) is 59.2 Å². The third-order valence-electron chi connectivity index (χ3n) is 7.29. The Balaban J connectivity index is 1.71. The van der Waals surface area contributed by atoms with Gasteiger partial charge in [-0.25, -0.2) is 19.4 Å². The molecule has 11 nitrogen and oxygen atoms in total. The summed E-state index contributed by atoms with van der Waals surface area (Å²) in [6.45, 7) is 4.57. The monoisotopic (exact) mass is 562 g/mol. The van der Waals surface area contributed by atoms with Crippen LogP contribution in [-0.4, -0.2) is 63.7 Å². The van der Waals surface area contributed by atoms with E-state index in [4.69, 9.17) is 5.10 Å². The molecular formula is C30H34N4O7. The van der Waals surface area contributed by atoms with E-state index in [9.17, 15) is 34.2 Å². The molecule has 0 spiro atoms. The van der Waals surface area contributed by atoms with Crippen molar-refractivity contribution >= 4 is 46.7 Å². The van der Waals surface area contributed by atoms with E-state index in [1.54, 1.807) is 32.9 Å². The molecule has 0 radical (unpaired) electrons. The van der Waals surface area contributed by atoms with E-state index in [1.807, 2.05) is 12.1 Å². The second-order valence-electron chi connectivity index (χ2n) is 11.4. The topological polar surface area (TPSA) is 157 Å². The lowest BCUT2D eigenvalue weighted by molar-refractivity contribution is -0.124. The standard InChI is InChI=1S/C30H34N4O7/c1-30(2,3)24(35)16-33-23-12-8-7-11-22(23)26(18-9-5-4-6-10-18)32-34(29(33)41)17-25(36)31-21-14-19(27(37)38)13-20(15-21)28(39)40/h7-8,11-15,18H,4-6,9-10,16-17H2,1-3H3,(H,31,36)(H,37,38)(H,39,40). The molecule has 0 aromatic heterocycles. The minimum absolute atomic E-state index is 0.0471. The average molecular weight is 563 g/mol. The fourth-order valence-electron chi connectivity index (χ4n) is 4.99. The fraction of sp³-hybridized carbons (Fsp3) is 0.400. The molecule has 0 bridgehead atoms. The summed E-state index contributed by atoms with van der Waals surface area (Å²) in [6, 6.07) is 9.90. The number of fused-ring (bicyclic) bond motifs is 1. The molecule has 1 saturated carbocycles. The molecule has 2 aromatic rings. The molecule has 3 N–H and O–H groups in total. The number of aromatic carboxylic acids is 2. The largest absolute Gasteiger partial charge is 0.478 e. The number of urea groups is 1. The van der Waals surface area contributed by atoms with Crippen LogP contribution in [0, 0.1) is 11.3 Å². The first-order valence-electron chi connectivity index (χ1n) is 13.6. The Morgan fingerprint density at radius 1 is 0.927 bits per heavy atom. The number of anilines is 2. The molecule has 1 aliphatic carbocycles. The average Bonchev–Trinajstić information content (AvgIpc) is 3.03. The molecule has 4 rings (SSSR count). The number of nitrogens with one attached hydrogen (secondary N) is 1. The SMILES string of the molecule is CC(C)(C)C(=O)CN1C(=O)N(CC(=O)Nc2cc(C(=O)O)cc(C(=O)O)c2)N=C(C2CCCCC2)c2ccccc21. The lowest BCUT2D eigenvalue weighted by Crippen LogP contribution is -2.47. The van der Waals surface area contributed by atoms with Crippen LogP contribution in [-0.2, 0) is 9.59 Å². The van der Waals surface area contributed by atoms with Crippen molar-refractivity contribution in [2.24, 2.45) is 16.4 Å². The van der Waals surface area contributed by atoms with Crippen molar-refractivity contribution in [1.82, 2.24) is 5.01 Å². The number of hydrogen-bond donors (Lipinski definition) is 3. The number of hydrazone groups is 1. The van der Waals surface area contributed by atoms with Gasteiger partial charge in [0.05, 0.1) is 29.1 Å². The Morgan fingerprint density at radius 2 is 1.54 bits per heavy atom. The lowest BCUT2D eigenvalue weighted by Gasteiger charge is -2.28. The maximum Gasteiger partial charge on any atom is 0.345 e. The van der Waals surface area contributed by atoms with E-state index in [-0.39, 0.29) is 35.1 Å². The number of benzene rings is 2. The van der Waals surface area contributed by atoms with Gasteiger partial charge >= 0.3 is 18.0 Å². The Bertz CT molecular complexity index is 1390. The summed E-state index contributed by atoms with van der Waals surface area (Å²) in [5.41, 5.74) is 0.563. The number of carboxylic acids is 2. The highest BCUT2D eigenvalue weighted by Gasteiger charge is 2.36. The number of nitrogens with zero attached hydrogens (tertiary/aromatic N) is 3. The van der Waals surface area contributed by atoms with E-state index < -0.39 is 35.8 Å². The molecule has 3 amide bonds. The van der Waals surface area contributed by atoms with Gasteiger partial charge in [0.2, 0.25) is 5.91 Å². The summed E-state index contributed by atoms with van der Waals surface area (Å²) in [4.78, 5) is 64.6. The van der Waals surface area contributed by atoms with Gasteiger partial charge in [0, 0.05) is 22.6 Å². The highest BCUT2D eigenvalue weighted by atomic mass is 16.4. The van der Waals surface area contributed by atoms with Crippen LogP contribution in [0.1, 0.15) is 79.2 Å². The molecule has 11 heteroatoms. The van der Waals surface area contributed by atoms with Gasteiger partial charge in [-0.15, -0.1) is 0 Å². The minimum Gasteiger partial charge on any atom is -0.478 e. The Morgan fingerprint density at radius 3 is 2.12 bits per heavy atom. The summed E-state index contributed by atoms with van der Waals surface area (Å²) >= 11 is 0. The molecule has 2 aliphatic rings. The second-order valence-corrected chi connectivity index (χ2v) is 11.4. The first-order chi connectivity index (χ1) is 19.3. The Labute approximate surface area is 237 Å². The highest BCUT2D eigenvalue weighted by Crippen LogP contribution is 2.34. The van der Waals surface area contributed by atoms with Crippen LogP contribution in [0.15, 0.2) is 47.6 Å². The van der Waals surface area contributed by atoms with Crippen LogP contribution in [0.2, 0.25) is 0 Å². The molecule has 0 atom stereocenters. The molecule has 41 heavy (non-hydrogen) atoms. The Kier molecular flexibility index (Phi) is 8.55. The molecule has 1 aliphatic heterocycles. The van der Waals surface area contributed by atoms with Gasteiger partial charge in [0.25, 0.3) is 0 Å². The van der Waals surface area contributed by atoms with Gasteiger partial charge in [-0.2, -0.15) is 5.10 Å². The number of carboxylic acid groups (broad SMARTS) is 2. The molecule has 0 saturated heterocycles. The van der Waals surface area contributed by atoms with Crippen molar-refractivity contribution < 1.29 is 34.2 Å². The van der Waals surface area contributed by atoms with Gasteiger partial charge < -0.3 is 15.5 Å². The van der Waals surface area contributed by atoms with Crippen LogP contribution < -0.4 is 10.2 Å². The molecular weight excluding hydrogens is 528 g/mol. The number of carbonyl (C=O) groups excluding carboxylic acids is 3. The first-order valence-corrected chi connectivity index (χ1v) is 13.6. The van der Waals surface area contributed by atoms with E-state index in [0.29, 0.717) is 11.4 Å². The van der Waals surface area contributed by atoms with Gasteiger partial charge in [0.1, 0.15) is 6.54 Å². The molecule has 2 aromatic carbocycles. The van der Waals surface area contributed by atoms with Crippen molar-refractivity contribution in [3.63, 3.8) is 0 Å². The van der Waals surface area contributed by atoms with Crippen LogP contribution in [0.25, 0.3) is 0 Å². The minimum atomic E-state index is -1.36. The third kappa shape index (κ3) is 6.79. The van der Waals surface area contributed by atoms with Crippen LogP contribution >= 0.6 is 0 Å². The Hall–Kier alpha value is -4.54. The predicted molar refractivity (Wildman–Crippen MR) is 152 cm³/mol. The summed E-state index contributed by atoms with van der Waals surface area (Å²) in [5.74, 6) is -3.53. The van der Waals surface area contributed by atoms with Crippen LogP contribution in [0.5, 0.6) is 0 Å². The van der Waals surface area contributed by atoms with Crippen LogP contribution in [0.3, 0.4) is 0 Å². The maximum atomic E-state index is 13.9. The van der Waals surface area contributed by atoms with Gasteiger partial charge in [0.15, 0.2) is 5.78 Å². The van der Waals surface area contributed by atoms with Gasteiger partial charge in [-0.05, 0) is 37.1 Å².